The smallest absolute Gasteiger partial charge is 0.181 e. The van der Waals surface area contributed by atoms with E-state index in [2.05, 4.69) is 60.8 Å². The van der Waals surface area contributed by atoms with Crippen molar-refractivity contribution in [3.05, 3.63) is 101 Å². The largest absolute Gasteiger partial charge is 0.361 e. The van der Waals surface area contributed by atoms with Gasteiger partial charge in [0.2, 0.25) is 0 Å². The van der Waals surface area contributed by atoms with E-state index in [4.69, 9.17) is 4.74 Å². The van der Waals surface area contributed by atoms with Crippen LogP contribution in [0.15, 0.2) is 90.0 Å². The molecular formula is C25H29BN3OS. The van der Waals surface area contributed by atoms with Gasteiger partial charge in [-0.2, -0.15) is 5.10 Å². The molecule has 0 N–H and O–H groups in total. The molecule has 6 heteroatoms. The molecule has 159 valence electrons. The molecule has 2 aromatic heterocycles. The third-order valence-corrected chi connectivity index (χ3v) is 5.47. The lowest BCUT2D eigenvalue weighted by molar-refractivity contribution is 0.0632. The van der Waals surface area contributed by atoms with Crippen molar-refractivity contribution >= 4 is 30.8 Å². The lowest BCUT2D eigenvalue weighted by Crippen LogP contribution is -2.16. The minimum absolute atomic E-state index is 0.562. The molecule has 31 heavy (non-hydrogen) atoms. The van der Waals surface area contributed by atoms with E-state index in [0.29, 0.717) is 6.73 Å². The molecule has 1 radical (unpaired) electrons. The number of unbranched alkanes of at least 4 members (excludes halogenated alkanes) is 1. The van der Waals surface area contributed by atoms with Gasteiger partial charge in [0.25, 0.3) is 0 Å². The van der Waals surface area contributed by atoms with E-state index in [1.807, 2.05) is 59.3 Å². The molecule has 2 aromatic rings. The van der Waals surface area contributed by atoms with Crippen LogP contribution in [0, 0.1) is 0 Å². The molecular weight excluding hydrogens is 401 g/mol. The second-order valence-electron chi connectivity index (χ2n) is 7.27. The molecule has 3 rings (SSSR count). The maximum absolute atomic E-state index is 5.78. The summed E-state index contributed by atoms with van der Waals surface area (Å²) in [6.45, 7) is 6.24. The standard InChI is InChI=1S/C25H29BN3OS/c1-22(9-10-23-7-5-15-26-23)14-18-28(2)21-30-19-4-3-17-29-24(13-16-27-29)11-12-25-8-6-20-31-25/h5-16,18,20H,1,3-4,17,19,21H2,2H3/b10-9+,12-11+,18-14-. The van der Waals surface area contributed by atoms with Gasteiger partial charge in [0, 0.05) is 37.5 Å². The molecule has 1 aliphatic rings. The SMILES string of the molecule is C=C(/C=C\N(C)COCCCCn1nccc1/C=C/c1cccs1)/C=C/C1=CC=C[B]1. The van der Waals surface area contributed by atoms with E-state index in [0.717, 1.165) is 37.3 Å². The second-order valence-corrected chi connectivity index (χ2v) is 8.25. The summed E-state index contributed by atoms with van der Waals surface area (Å²) in [6, 6.07) is 6.22. The van der Waals surface area contributed by atoms with Gasteiger partial charge in [0.15, 0.2) is 7.28 Å². The monoisotopic (exact) mass is 430 g/mol. The Morgan fingerprint density at radius 3 is 3.00 bits per heavy atom. The number of aromatic nitrogens is 2. The van der Waals surface area contributed by atoms with Gasteiger partial charge >= 0.3 is 0 Å². The number of nitrogens with zero attached hydrogens (tertiary/aromatic N) is 3. The van der Waals surface area contributed by atoms with Crippen LogP contribution in [0.25, 0.3) is 12.2 Å². The Kier molecular flexibility index (Phi) is 9.42. The van der Waals surface area contributed by atoms with Gasteiger partial charge in [-0.05, 0) is 54.2 Å². The predicted octanol–water partition coefficient (Wildman–Crippen LogP) is 5.54. The first kappa shape index (κ1) is 22.9. The first-order valence-electron chi connectivity index (χ1n) is 10.5. The number of rotatable bonds is 13. The topological polar surface area (TPSA) is 30.3 Å². The molecule has 0 amide bonds. The first-order valence-corrected chi connectivity index (χ1v) is 11.4. The van der Waals surface area contributed by atoms with Gasteiger partial charge in [0.05, 0.1) is 5.69 Å². The Bertz CT molecular complexity index is 967. The maximum Gasteiger partial charge on any atom is 0.181 e. The summed E-state index contributed by atoms with van der Waals surface area (Å²) < 4.78 is 7.83. The highest BCUT2D eigenvalue weighted by Crippen LogP contribution is 2.13. The molecule has 0 bridgehead atoms. The lowest BCUT2D eigenvalue weighted by Gasteiger charge is -2.14. The Morgan fingerprint density at radius 2 is 2.19 bits per heavy atom. The third-order valence-electron chi connectivity index (χ3n) is 4.64. The summed E-state index contributed by atoms with van der Waals surface area (Å²) >= 11 is 1.74. The average Bonchev–Trinajstić information content (AvgIpc) is 3.54. The van der Waals surface area contributed by atoms with Crippen LogP contribution in [0.5, 0.6) is 0 Å². The molecule has 4 nitrogen and oxygen atoms in total. The molecule has 0 saturated heterocycles. The fourth-order valence-corrected chi connectivity index (χ4v) is 3.54. The number of thiophene rings is 1. The van der Waals surface area contributed by atoms with Crippen LogP contribution in [0.3, 0.4) is 0 Å². The first-order chi connectivity index (χ1) is 15.2. The molecule has 3 heterocycles. The van der Waals surface area contributed by atoms with Crippen molar-refractivity contribution in [2.75, 3.05) is 20.4 Å². The lowest BCUT2D eigenvalue weighted by atomic mass is 9.73. The summed E-state index contributed by atoms with van der Waals surface area (Å²) in [7, 11) is 4.07. The number of allylic oxidation sites excluding steroid dienone is 7. The van der Waals surface area contributed by atoms with Gasteiger partial charge in [-0.15, -0.1) is 17.3 Å². The minimum Gasteiger partial charge on any atom is -0.361 e. The van der Waals surface area contributed by atoms with Crippen LogP contribution in [-0.4, -0.2) is 42.3 Å². The van der Waals surface area contributed by atoms with Crippen molar-refractivity contribution in [1.82, 2.24) is 14.7 Å². The molecule has 0 fully saturated rings. The zero-order chi connectivity index (χ0) is 21.7. The second kappa shape index (κ2) is 12.8. The maximum atomic E-state index is 5.78. The fraction of sp³-hybridized carbons (Fsp3) is 0.240. The van der Waals surface area contributed by atoms with E-state index < -0.39 is 0 Å². The quantitative estimate of drug-likeness (QED) is 0.181. The highest BCUT2D eigenvalue weighted by molar-refractivity contribution is 7.10. The van der Waals surface area contributed by atoms with Crippen LogP contribution >= 0.6 is 11.3 Å². The molecule has 0 atom stereocenters. The van der Waals surface area contributed by atoms with E-state index in [9.17, 15) is 0 Å². The molecule has 0 saturated carbocycles. The number of hydrogen-bond acceptors (Lipinski definition) is 4. The van der Waals surface area contributed by atoms with Gasteiger partial charge < -0.3 is 9.64 Å². The molecule has 0 aromatic carbocycles. The van der Waals surface area contributed by atoms with Crippen LogP contribution in [0.1, 0.15) is 23.4 Å². The minimum atomic E-state index is 0.562. The molecule has 0 aliphatic carbocycles. The Labute approximate surface area is 190 Å². The number of ether oxygens (including phenoxy) is 1. The van der Waals surface area contributed by atoms with Crippen LogP contribution in [0.4, 0.5) is 0 Å². The Hall–Kier alpha value is -2.83. The molecule has 0 unspecified atom stereocenters. The van der Waals surface area contributed by atoms with Gasteiger partial charge in [-0.3, -0.25) is 4.68 Å². The fourth-order valence-electron chi connectivity index (χ4n) is 2.92. The van der Waals surface area contributed by atoms with Crippen molar-refractivity contribution in [2.45, 2.75) is 19.4 Å². The zero-order valence-corrected chi connectivity index (χ0v) is 18.9. The highest BCUT2D eigenvalue weighted by atomic mass is 32.1. The van der Waals surface area contributed by atoms with E-state index in [1.54, 1.807) is 11.3 Å². The summed E-state index contributed by atoms with van der Waals surface area (Å²) in [5.74, 6) is 2.03. The van der Waals surface area contributed by atoms with E-state index in [-0.39, 0.29) is 0 Å². The van der Waals surface area contributed by atoms with E-state index in [1.165, 1.54) is 10.3 Å². The summed E-state index contributed by atoms with van der Waals surface area (Å²) in [4.78, 5) is 3.27. The average molecular weight is 430 g/mol. The van der Waals surface area contributed by atoms with Crippen molar-refractivity contribution in [3.63, 3.8) is 0 Å². The normalized spacial score (nSPS) is 13.5. The van der Waals surface area contributed by atoms with Crippen molar-refractivity contribution in [3.8, 4) is 0 Å². The van der Waals surface area contributed by atoms with Crippen LogP contribution in [0.2, 0.25) is 0 Å². The van der Waals surface area contributed by atoms with Gasteiger partial charge in [0.1, 0.15) is 6.73 Å². The third kappa shape index (κ3) is 8.44. The molecule has 0 spiro atoms. The summed E-state index contributed by atoms with van der Waals surface area (Å²) in [5, 5.41) is 6.52. The summed E-state index contributed by atoms with van der Waals surface area (Å²) in [5.41, 5.74) is 3.27. The molecule has 1 aliphatic heterocycles. The van der Waals surface area contributed by atoms with Crippen molar-refractivity contribution in [1.29, 1.82) is 0 Å². The zero-order valence-electron chi connectivity index (χ0n) is 18.1. The number of aryl methyl sites for hydroxylation is 1. The number of hydrogen-bond donors (Lipinski definition) is 0. The highest BCUT2D eigenvalue weighted by Gasteiger charge is 2.00. The van der Waals surface area contributed by atoms with Gasteiger partial charge in [-0.1, -0.05) is 42.4 Å². The van der Waals surface area contributed by atoms with Crippen LogP contribution < -0.4 is 0 Å². The van der Waals surface area contributed by atoms with Gasteiger partial charge in [-0.25, -0.2) is 0 Å². The van der Waals surface area contributed by atoms with Crippen LogP contribution in [-0.2, 0) is 11.3 Å². The van der Waals surface area contributed by atoms with Crippen molar-refractivity contribution in [2.24, 2.45) is 0 Å². The Morgan fingerprint density at radius 1 is 1.26 bits per heavy atom. The summed E-state index contributed by atoms with van der Waals surface area (Å²) in [6.07, 6.45) is 20.3. The Balaban J connectivity index is 1.27. The predicted molar refractivity (Wildman–Crippen MR) is 134 cm³/mol. The van der Waals surface area contributed by atoms with E-state index >= 15 is 0 Å². The van der Waals surface area contributed by atoms with Crippen molar-refractivity contribution < 1.29 is 4.74 Å².